The first-order chi connectivity index (χ1) is 9.65. The Morgan fingerprint density at radius 2 is 2.05 bits per heavy atom. The summed E-state index contributed by atoms with van der Waals surface area (Å²) in [6, 6.07) is 2.33. The smallest absolute Gasteiger partial charge is 0.410 e. The van der Waals surface area contributed by atoms with Crippen molar-refractivity contribution in [2.75, 3.05) is 13.1 Å². The maximum absolute atomic E-state index is 13.3. The summed E-state index contributed by atoms with van der Waals surface area (Å²) >= 11 is 5.70. The fourth-order valence-corrected chi connectivity index (χ4v) is 1.99. The van der Waals surface area contributed by atoms with Gasteiger partial charge in [-0.2, -0.15) is 0 Å². The van der Waals surface area contributed by atoms with Crippen LogP contribution in [-0.2, 0) is 4.74 Å². The molecule has 0 spiro atoms. The van der Waals surface area contributed by atoms with Crippen LogP contribution in [0.4, 0.5) is 9.18 Å². The van der Waals surface area contributed by atoms with Crippen LogP contribution >= 0.6 is 11.6 Å². The van der Waals surface area contributed by atoms with E-state index in [9.17, 15) is 14.3 Å². The molecule has 0 atom stereocenters. The maximum Gasteiger partial charge on any atom is 0.410 e. The van der Waals surface area contributed by atoms with Gasteiger partial charge in [-0.25, -0.2) is 9.18 Å². The number of halogens is 2. The number of rotatable bonds is 2. The molecule has 1 fully saturated rings. The number of nitrogens with zero attached hydrogens (tertiary/aromatic N) is 1. The third-order valence-corrected chi connectivity index (χ3v) is 3.00. The molecule has 116 valence electrons. The number of amides is 1. The number of hydrogen-bond donors (Lipinski definition) is 1. The lowest BCUT2D eigenvalue weighted by molar-refractivity contribution is -0.0227. The van der Waals surface area contributed by atoms with Crippen molar-refractivity contribution in [1.29, 1.82) is 0 Å². The molecule has 0 aromatic heterocycles. The third kappa shape index (κ3) is 3.91. The number of hydrogen-bond acceptors (Lipinski definition) is 4. The molecule has 1 aliphatic heterocycles. The van der Waals surface area contributed by atoms with Gasteiger partial charge in [0.05, 0.1) is 13.1 Å². The van der Waals surface area contributed by atoms with Gasteiger partial charge in [-0.3, -0.25) is 0 Å². The molecule has 1 aliphatic rings. The minimum atomic E-state index is -0.846. The van der Waals surface area contributed by atoms with Gasteiger partial charge in [0.2, 0.25) is 0 Å². The first-order valence-corrected chi connectivity index (χ1v) is 6.86. The van der Waals surface area contributed by atoms with Crippen LogP contribution in [0.2, 0.25) is 5.02 Å². The molecule has 1 amide bonds. The molecule has 1 heterocycles. The fourth-order valence-electron chi connectivity index (χ4n) is 1.80. The van der Waals surface area contributed by atoms with E-state index in [0.717, 1.165) is 6.07 Å². The number of carbonyl (C=O) groups excluding carboxylic acids is 1. The number of phenols is 1. The molecule has 0 aliphatic carbocycles. The van der Waals surface area contributed by atoms with Gasteiger partial charge in [-0.05, 0) is 26.8 Å². The molecule has 21 heavy (non-hydrogen) atoms. The number of phenolic OH excluding ortho intramolecular Hbond substituents is 1. The van der Waals surface area contributed by atoms with Crippen LogP contribution in [0.1, 0.15) is 20.8 Å². The second-order valence-electron chi connectivity index (χ2n) is 5.86. The highest BCUT2D eigenvalue weighted by Crippen LogP contribution is 2.34. The minimum Gasteiger partial charge on any atom is -0.502 e. The summed E-state index contributed by atoms with van der Waals surface area (Å²) in [6.45, 7) is 5.97. The van der Waals surface area contributed by atoms with Crippen molar-refractivity contribution in [3.63, 3.8) is 0 Å². The van der Waals surface area contributed by atoms with E-state index in [4.69, 9.17) is 21.1 Å². The Morgan fingerprint density at radius 1 is 1.43 bits per heavy atom. The highest BCUT2D eigenvalue weighted by Gasteiger charge is 2.35. The quantitative estimate of drug-likeness (QED) is 0.910. The number of carbonyl (C=O) groups is 1. The monoisotopic (exact) mass is 317 g/mol. The van der Waals surface area contributed by atoms with Crippen molar-refractivity contribution in [3.05, 3.63) is 23.0 Å². The van der Waals surface area contributed by atoms with Crippen molar-refractivity contribution < 1.29 is 23.8 Å². The van der Waals surface area contributed by atoms with Crippen molar-refractivity contribution in [2.24, 2.45) is 0 Å². The second-order valence-corrected chi connectivity index (χ2v) is 6.30. The largest absolute Gasteiger partial charge is 0.502 e. The standard InChI is InChI=1S/C14H17ClFNO4/c1-14(2,3)21-13(19)17-6-9(7-17)20-11-5-8(15)4-10(16)12(11)18/h4-5,9,18H,6-7H2,1-3H3. The van der Waals surface area contributed by atoms with Crippen LogP contribution < -0.4 is 4.74 Å². The lowest BCUT2D eigenvalue weighted by atomic mass is 10.1. The van der Waals surface area contributed by atoms with Crippen molar-refractivity contribution in [2.45, 2.75) is 32.5 Å². The number of ether oxygens (including phenoxy) is 2. The van der Waals surface area contributed by atoms with Crippen LogP contribution in [0.25, 0.3) is 0 Å². The first-order valence-electron chi connectivity index (χ1n) is 6.48. The van der Waals surface area contributed by atoms with Gasteiger partial charge >= 0.3 is 6.09 Å². The number of benzene rings is 1. The molecule has 0 radical (unpaired) electrons. The highest BCUT2D eigenvalue weighted by molar-refractivity contribution is 6.30. The fraction of sp³-hybridized carbons (Fsp3) is 0.500. The van der Waals surface area contributed by atoms with E-state index in [-0.39, 0.29) is 16.9 Å². The molecule has 0 unspecified atom stereocenters. The van der Waals surface area contributed by atoms with Crippen molar-refractivity contribution in [3.8, 4) is 11.5 Å². The van der Waals surface area contributed by atoms with E-state index in [2.05, 4.69) is 0 Å². The predicted molar refractivity (Wildman–Crippen MR) is 75.3 cm³/mol. The molecule has 2 rings (SSSR count). The molecule has 7 heteroatoms. The Morgan fingerprint density at radius 3 is 2.62 bits per heavy atom. The third-order valence-electron chi connectivity index (χ3n) is 2.79. The normalized spacial score (nSPS) is 15.6. The van der Waals surface area contributed by atoms with E-state index < -0.39 is 23.3 Å². The van der Waals surface area contributed by atoms with E-state index in [1.165, 1.54) is 11.0 Å². The van der Waals surface area contributed by atoms with Crippen LogP contribution in [0.15, 0.2) is 12.1 Å². The molecule has 0 saturated carbocycles. The number of aromatic hydroxyl groups is 1. The van der Waals surface area contributed by atoms with E-state index in [1.807, 2.05) is 0 Å². The van der Waals surface area contributed by atoms with Gasteiger partial charge < -0.3 is 19.5 Å². The molecule has 0 bridgehead atoms. The SMILES string of the molecule is CC(C)(C)OC(=O)N1CC(Oc2cc(Cl)cc(F)c2O)C1. The lowest BCUT2D eigenvalue weighted by Crippen LogP contribution is -2.57. The summed E-state index contributed by atoms with van der Waals surface area (Å²) in [5.74, 6) is -1.47. The molecule has 1 N–H and O–H groups in total. The average Bonchev–Trinajstić information content (AvgIpc) is 2.26. The zero-order valence-electron chi connectivity index (χ0n) is 12.0. The van der Waals surface area contributed by atoms with Gasteiger partial charge in [-0.15, -0.1) is 0 Å². The Labute approximate surface area is 127 Å². The Balaban J connectivity index is 1.90. The van der Waals surface area contributed by atoms with Gasteiger partial charge in [0.1, 0.15) is 11.7 Å². The molecule has 1 aromatic carbocycles. The summed E-state index contributed by atoms with van der Waals surface area (Å²) < 4.78 is 23.9. The lowest BCUT2D eigenvalue weighted by Gasteiger charge is -2.39. The summed E-state index contributed by atoms with van der Waals surface area (Å²) in [6.07, 6.45) is -0.759. The van der Waals surface area contributed by atoms with Crippen LogP contribution in [-0.4, -0.2) is 40.9 Å². The number of likely N-dealkylation sites (tertiary alicyclic amines) is 1. The van der Waals surface area contributed by atoms with E-state index in [0.29, 0.717) is 13.1 Å². The van der Waals surface area contributed by atoms with Crippen LogP contribution in [0, 0.1) is 5.82 Å². The topological polar surface area (TPSA) is 59.0 Å². The molecule has 5 nitrogen and oxygen atoms in total. The first kappa shape index (κ1) is 15.7. The molecule has 1 aromatic rings. The van der Waals surface area contributed by atoms with E-state index in [1.54, 1.807) is 20.8 Å². The summed E-state index contributed by atoms with van der Waals surface area (Å²) in [5.41, 5.74) is -0.558. The zero-order valence-corrected chi connectivity index (χ0v) is 12.8. The van der Waals surface area contributed by atoms with Gasteiger partial charge in [-0.1, -0.05) is 11.6 Å². The maximum atomic E-state index is 13.3. The van der Waals surface area contributed by atoms with Crippen molar-refractivity contribution >= 4 is 17.7 Å². The average molecular weight is 318 g/mol. The van der Waals surface area contributed by atoms with Gasteiger partial charge in [0.15, 0.2) is 17.3 Å². The molecular formula is C14H17ClFNO4. The Kier molecular flexibility index (Phi) is 4.18. The van der Waals surface area contributed by atoms with E-state index >= 15 is 0 Å². The van der Waals surface area contributed by atoms with Crippen LogP contribution in [0.3, 0.4) is 0 Å². The zero-order chi connectivity index (χ0) is 15.8. The Bertz CT molecular complexity index is 553. The highest BCUT2D eigenvalue weighted by atomic mass is 35.5. The molecular weight excluding hydrogens is 301 g/mol. The predicted octanol–water partition coefficient (Wildman–Crippen LogP) is 3.18. The Hall–Kier alpha value is -1.69. The summed E-state index contributed by atoms with van der Waals surface area (Å²) in [5, 5.41) is 9.68. The van der Waals surface area contributed by atoms with Gasteiger partial charge in [0.25, 0.3) is 0 Å². The summed E-state index contributed by atoms with van der Waals surface area (Å²) in [4.78, 5) is 13.2. The van der Waals surface area contributed by atoms with Crippen LogP contribution in [0.5, 0.6) is 11.5 Å². The summed E-state index contributed by atoms with van der Waals surface area (Å²) in [7, 11) is 0. The second kappa shape index (κ2) is 5.60. The van der Waals surface area contributed by atoms with Crippen molar-refractivity contribution in [1.82, 2.24) is 4.90 Å². The van der Waals surface area contributed by atoms with Gasteiger partial charge in [0, 0.05) is 11.1 Å². The molecule has 1 saturated heterocycles. The minimum absolute atomic E-state index is 0.0335.